The minimum absolute atomic E-state index is 0.887. The van der Waals surface area contributed by atoms with Crippen LogP contribution in [0, 0.1) is 0 Å². The van der Waals surface area contributed by atoms with E-state index in [9.17, 15) is 0 Å². The van der Waals surface area contributed by atoms with Crippen LogP contribution in [0.1, 0.15) is 12.8 Å². The highest BCUT2D eigenvalue weighted by Crippen LogP contribution is 2.36. The van der Waals surface area contributed by atoms with Gasteiger partial charge in [-0.2, -0.15) is 15.4 Å². The maximum absolute atomic E-state index is 4.15. The van der Waals surface area contributed by atoms with E-state index < -0.39 is 0 Å². The van der Waals surface area contributed by atoms with Crippen molar-refractivity contribution in [3.05, 3.63) is 65.6 Å². The molecule has 1 N–H and O–H groups in total. The number of thioether (sulfide) groups is 1. The Labute approximate surface area is 122 Å². The molecule has 0 radical (unpaired) electrons. The van der Waals surface area contributed by atoms with Gasteiger partial charge in [-0.25, -0.2) is 0 Å². The Morgan fingerprint density at radius 1 is 1.25 bits per heavy atom. The van der Waals surface area contributed by atoms with Gasteiger partial charge < -0.3 is 0 Å². The molecular formula is C16H15N3S. The fraction of sp³-hybridized carbons (Fsp3) is 0.125. The Kier molecular flexibility index (Phi) is 3.56. The van der Waals surface area contributed by atoms with E-state index in [1.54, 1.807) is 11.8 Å². The summed E-state index contributed by atoms with van der Waals surface area (Å²) in [6, 6.07) is 6.11. The lowest BCUT2D eigenvalue weighted by Crippen LogP contribution is -1.94. The van der Waals surface area contributed by atoms with Crippen molar-refractivity contribution in [1.82, 2.24) is 15.4 Å². The molecule has 1 aromatic heterocycles. The zero-order chi connectivity index (χ0) is 13.9. The molecule has 0 saturated heterocycles. The van der Waals surface area contributed by atoms with Crippen LogP contribution in [0.25, 0.3) is 11.0 Å². The second-order valence-corrected chi connectivity index (χ2v) is 5.87. The van der Waals surface area contributed by atoms with Crippen LogP contribution in [0.15, 0.2) is 70.5 Å². The SMILES string of the molecule is C=CCC1=CC=C(Sc2ccc3n[nH]nc3c2)CC1=C. The molecule has 2 aromatic rings. The van der Waals surface area contributed by atoms with Crippen molar-refractivity contribution in [2.24, 2.45) is 0 Å². The number of fused-ring (bicyclic) bond motifs is 1. The van der Waals surface area contributed by atoms with E-state index >= 15 is 0 Å². The number of allylic oxidation sites excluding steroid dienone is 6. The topological polar surface area (TPSA) is 41.6 Å². The molecule has 0 amide bonds. The highest BCUT2D eigenvalue weighted by Gasteiger charge is 2.11. The number of hydrogen-bond donors (Lipinski definition) is 1. The zero-order valence-corrected chi connectivity index (χ0v) is 11.9. The lowest BCUT2D eigenvalue weighted by Gasteiger charge is -2.16. The average molecular weight is 281 g/mol. The number of aromatic nitrogens is 3. The van der Waals surface area contributed by atoms with Crippen molar-refractivity contribution in [2.75, 3.05) is 0 Å². The summed E-state index contributed by atoms with van der Waals surface area (Å²) in [4.78, 5) is 2.47. The smallest absolute Gasteiger partial charge is 0.114 e. The summed E-state index contributed by atoms with van der Waals surface area (Å²) in [6.07, 6.45) is 8.02. The molecule has 0 unspecified atom stereocenters. The van der Waals surface area contributed by atoms with Crippen LogP contribution in [-0.4, -0.2) is 15.4 Å². The van der Waals surface area contributed by atoms with Crippen LogP contribution in [-0.2, 0) is 0 Å². The summed E-state index contributed by atoms with van der Waals surface area (Å²) in [5.74, 6) is 0. The number of rotatable bonds is 4. The van der Waals surface area contributed by atoms with Crippen LogP contribution >= 0.6 is 11.8 Å². The zero-order valence-electron chi connectivity index (χ0n) is 11.1. The summed E-state index contributed by atoms with van der Waals surface area (Å²) >= 11 is 1.75. The molecule has 3 rings (SSSR count). The van der Waals surface area contributed by atoms with Crippen molar-refractivity contribution in [2.45, 2.75) is 17.7 Å². The van der Waals surface area contributed by atoms with Gasteiger partial charge in [0.05, 0.1) is 0 Å². The highest BCUT2D eigenvalue weighted by molar-refractivity contribution is 8.03. The number of hydrogen-bond acceptors (Lipinski definition) is 3. The number of aromatic amines is 1. The average Bonchev–Trinajstić information content (AvgIpc) is 2.89. The Hall–Kier alpha value is -2.07. The first-order valence-corrected chi connectivity index (χ1v) is 7.25. The summed E-state index contributed by atoms with van der Waals surface area (Å²) in [5.41, 5.74) is 4.24. The fourth-order valence-electron chi connectivity index (χ4n) is 2.17. The molecule has 0 bridgehead atoms. The van der Waals surface area contributed by atoms with Gasteiger partial charge in [0.1, 0.15) is 11.0 Å². The third kappa shape index (κ3) is 2.60. The Bertz CT molecular complexity index is 737. The number of nitrogens with zero attached hydrogens (tertiary/aromatic N) is 2. The van der Waals surface area contributed by atoms with E-state index in [1.807, 2.05) is 12.1 Å². The molecule has 0 aliphatic heterocycles. The van der Waals surface area contributed by atoms with Crippen LogP contribution in [0.2, 0.25) is 0 Å². The second kappa shape index (κ2) is 5.51. The summed E-state index contributed by atoms with van der Waals surface area (Å²) in [5, 5.41) is 10.8. The summed E-state index contributed by atoms with van der Waals surface area (Å²) in [6.45, 7) is 7.93. The molecule has 1 aliphatic carbocycles. The molecule has 100 valence electrons. The van der Waals surface area contributed by atoms with Crippen molar-refractivity contribution in [3.63, 3.8) is 0 Å². The summed E-state index contributed by atoms with van der Waals surface area (Å²) < 4.78 is 0. The fourth-order valence-corrected chi connectivity index (χ4v) is 3.16. The van der Waals surface area contributed by atoms with Crippen molar-refractivity contribution in [3.8, 4) is 0 Å². The minimum atomic E-state index is 0.887. The molecule has 0 fully saturated rings. The Balaban J connectivity index is 1.80. The van der Waals surface area contributed by atoms with Crippen LogP contribution in [0.4, 0.5) is 0 Å². The minimum Gasteiger partial charge on any atom is -0.197 e. The van der Waals surface area contributed by atoms with E-state index in [-0.39, 0.29) is 0 Å². The van der Waals surface area contributed by atoms with Gasteiger partial charge in [0.15, 0.2) is 0 Å². The van der Waals surface area contributed by atoms with Crippen molar-refractivity contribution in [1.29, 1.82) is 0 Å². The monoisotopic (exact) mass is 281 g/mol. The van der Waals surface area contributed by atoms with Gasteiger partial charge in [0.2, 0.25) is 0 Å². The van der Waals surface area contributed by atoms with Gasteiger partial charge in [-0.3, -0.25) is 0 Å². The number of H-pyrrole nitrogens is 1. The lowest BCUT2D eigenvalue weighted by atomic mass is 9.97. The second-order valence-electron chi connectivity index (χ2n) is 4.67. The van der Waals surface area contributed by atoms with E-state index in [2.05, 4.69) is 52.9 Å². The van der Waals surface area contributed by atoms with E-state index in [0.717, 1.165) is 23.9 Å². The predicted molar refractivity (Wildman–Crippen MR) is 84.5 cm³/mol. The molecule has 3 nitrogen and oxygen atoms in total. The first kappa shape index (κ1) is 12.9. The van der Waals surface area contributed by atoms with Crippen molar-refractivity contribution >= 4 is 22.8 Å². The van der Waals surface area contributed by atoms with Crippen LogP contribution in [0.3, 0.4) is 0 Å². The van der Waals surface area contributed by atoms with Crippen LogP contribution in [0.5, 0.6) is 0 Å². The molecule has 0 saturated carbocycles. The van der Waals surface area contributed by atoms with E-state index in [0.29, 0.717) is 0 Å². The maximum Gasteiger partial charge on any atom is 0.114 e. The van der Waals surface area contributed by atoms with Gasteiger partial charge in [-0.05, 0) is 40.7 Å². The van der Waals surface area contributed by atoms with E-state index in [4.69, 9.17) is 0 Å². The Morgan fingerprint density at radius 2 is 2.10 bits per heavy atom. The van der Waals surface area contributed by atoms with Gasteiger partial charge in [-0.15, -0.1) is 6.58 Å². The molecule has 1 aromatic carbocycles. The van der Waals surface area contributed by atoms with Gasteiger partial charge in [0, 0.05) is 11.3 Å². The Morgan fingerprint density at radius 3 is 2.90 bits per heavy atom. The quantitative estimate of drug-likeness (QED) is 0.845. The number of nitrogens with one attached hydrogen (secondary N) is 1. The van der Waals surface area contributed by atoms with Gasteiger partial charge >= 0.3 is 0 Å². The molecule has 4 heteroatoms. The summed E-state index contributed by atoms with van der Waals surface area (Å²) in [7, 11) is 0. The molecule has 1 heterocycles. The van der Waals surface area contributed by atoms with Gasteiger partial charge in [0.25, 0.3) is 0 Å². The number of benzene rings is 1. The molecule has 20 heavy (non-hydrogen) atoms. The third-order valence-corrected chi connectivity index (χ3v) is 4.25. The normalized spacial score (nSPS) is 15.1. The van der Waals surface area contributed by atoms with Gasteiger partial charge in [-0.1, -0.05) is 36.6 Å². The first-order chi connectivity index (χ1) is 9.76. The van der Waals surface area contributed by atoms with Crippen LogP contribution < -0.4 is 0 Å². The third-order valence-electron chi connectivity index (χ3n) is 3.21. The van der Waals surface area contributed by atoms with E-state index in [1.165, 1.54) is 20.9 Å². The standard InChI is InChI=1S/C16H15N3S/c1-3-4-12-5-6-13(9-11(12)2)20-14-7-8-15-16(10-14)18-19-17-15/h3,5-8,10H,1-2,4,9H2,(H,17,18,19). The molecule has 0 spiro atoms. The van der Waals surface area contributed by atoms with Crippen molar-refractivity contribution < 1.29 is 0 Å². The largest absolute Gasteiger partial charge is 0.197 e. The molecule has 1 aliphatic rings. The maximum atomic E-state index is 4.15. The lowest BCUT2D eigenvalue weighted by molar-refractivity contribution is 0.959. The first-order valence-electron chi connectivity index (χ1n) is 6.43. The highest BCUT2D eigenvalue weighted by atomic mass is 32.2. The molecule has 0 atom stereocenters. The molecular weight excluding hydrogens is 266 g/mol. The predicted octanol–water partition coefficient (Wildman–Crippen LogP) is 4.40.